The van der Waals surface area contributed by atoms with Gasteiger partial charge in [-0.2, -0.15) is 0 Å². The fourth-order valence-electron chi connectivity index (χ4n) is 2.66. The largest absolute Gasteiger partial charge is 0.491 e. The van der Waals surface area contributed by atoms with E-state index in [1.54, 1.807) is 12.1 Å². The molecular formula is C17H27FN2O4. The van der Waals surface area contributed by atoms with Gasteiger partial charge in [0.1, 0.15) is 18.2 Å². The summed E-state index contributed by atoms with van der Waals surface area (Å²) in [6.07, 6.45) is -0.528. The van der Waals surface area contributed by atoms with E-state index in [-0.39, 0.29) is 19.0 Å². The molecule has 1 aliphatic rings. The fourth-order valence-corrected chi connectivity index (χ4v) is 2.66. The zero-order valence-corrected chi connectivity index (χ0v) is 13.9. The third-order valence-corrected chi connectivity index (χ3v) is 3.97. The fraction of sp³-hybridized carbons (Fsp3) is 0.647. The highest BCUT2D eigenvalue weighted by molar-refractivity contribution is 5.21. The van der Waals surface area contributed by atoms with Gasteiger partial charge in [-0.3, -0.25) is 9.80 Å². The number of ether oxygens (including phenoxy) is 2. The van der Waals surface area contributed by atoms with Crippen LogP contribution in [0.2, 0.25) is 0 Å². The van der Waals surface area contributed by atoms with Gasteiger partial charge < -0.3 is 19.7 Å². The summed E-state index contributed by atoms with van der Waals surface area (Å²) in [6, 6.07) is 5.84. The highest BCUT2D eigenvalue weighted by atomic mass is 19.1. The van der Waals surface area contributed by atoms with E-state index in [2.05, 4.69) is 9.80 Å². The number of hydrogen-bond donors (Lipinski definition) is 2. The number of β-amino-alcohol motifs (C(OH)–C–C–N with tert-alkyl or cyclic N) is 2. The molecule has 1 aliphatic heterocycles. The van der Waals surface area contributed by atoms with Crippen LogP contribution in [0.5, 0.6) is 5.75 Å². The smallest absolute Gasteiger partial charge is 0.123 e. The summed E-state index contributed by atoms with van der Waals surface area (Å²) in [7, 11) is 0. The third kappa shape index (κ3) is 7.11. The Hall–Kier alpha value is -1.25. The molecule has 1 unspecified atom stereocenters. The number of benzene rings is 1. The summed E-state index contributed by atoms with van der Waals surface area (Å²) in [6.45, 7) is 6.12. The molecule has 0 aliphatic carbocycles. The third-order valence-electron chi connectivity index (χ3n) is 3.97. The lowest BCUT2D eigenvalue weighted by Crippen LogP contribution is -2.49. The molecule has 2 N–H and O–H groups in total. The molecule has 0 aromatic heterocycles. The Morgan fingerprint density at radius 2 is 1.71 bits per heavy atom. The molecule has 0 bridgehead atoms. The van der Waals surface area contributed by atoms with Crippen LogP contribution in [0.15, 0.2) is 24.3 Å². The number of aliphatic hydroxyl groups is 2. The van der Waals surface area contributed by atoms with Gasteiger partial charge in [-0.15, -0.1) is 0 Å². The Labute approximate surface area is 142 Å². The average molecular weight is 342 g/mol. The lowest BCUT2D eigenvalue weighted by atomic mass is 10.2. The minimum Gasteiger partial charge on any atom is -0.491 e. The van der Waals surface area contributed by atoms with Crippen molar-refractivity contribution in [2.75, 3.05) is 65.7 Å². The Morgan fingerprint density at radius 3 is 2.38 bits per heavy atom. The minimum absolute atomic E-state index is 0.191. The molecule has 0 spiro atoms. The van der Waals surface area contributed by atoms with Crippen molar-refractivity contribution >= 4 is 0 Å². The first-order chi connectivity index (χ1) is 11.7. The molecule has 1 fully saturated rings. The van der Waals surface area contributed by atoms with Crippen LogP contribution in [-0.2, 0) is 4.74 Å². The van der Waals surface area contributed by atoms with Gasteiger partial charge in [0, 0.05) is 39.3 Å². The SMILES string of the molecule is OCCN1CCN(CC(O)COCCOc2ccc(F)cc2)CC1. The van der Waals surface area contributed by atoms with Crippen molar-refractivity contribution in [3.8, 4) is 5.75 Å². The van der Waals surface area contributed by atoms with Crippen LogP contribution in [0.25, 0.3) is 0 Å². The van der Waals surface area contributed by atoms with Crippen molar-refractivity contribution in [3.05, 3.63) is 30.1 Å². The summed E-state index contributed by atoms with van der Waals surface area (Å²) in [5.74, 6) is 0.306. The number of hydrogen-bond acceptors (Lipinski definition) is 6. The zero-order valence-electron chi connectivity index (χ0n) is 13.9. The molecule has 6 nitrogen and oxygen atoms in total. The summed E-state index contributed by atoms with van der Waals surface area (Å²) in [5.41, 5.74) is 0. The van der Waals surface area contributed by atoms with E-state index in [0.29, 0.717) is 32.1 Å². The maximum Gasteiger partial charge on any atom is 0.123 e. The average Bonchev–Trinajstić information content (AvgIpc) is 2.58. The monoisotopic (exact) mass is 342 g/mol. The first-order valence-corrected chi connectivity index (χ1v) is 8.37. The standard InChI is InChI=1S/C17H27FN2O4/c18-15-1-3-17(4-2-15)24-12-11-23-14-16(22)13-20-7-5-19(6-8-20)9-10-21/h1-4,16,21-22H,5-14H2. The van der Waals surface area contributed by atoms with Gasteiger partial charge >= 0.3 is 0 Å². The van der Waals surface area contributed by atoms with E-state index in [1.165, 1.54) is 12.1 Å². The number of piperazine rings is 1. The normalized spacial score (nSPS) is 17.8. The highest BCUT2D eigenvalue weighted by Crippen LogP contribution is 2.10. The van der Waals surface area contributed by atoms with Crippen molar-refractivity contribution < 1.29 is 24.1 Å². The van der Waals surface area contributed by atoms with E-state index in [0.717, 1.165) is 26.2 Å². The molecule has 24 heavy (non-hydrogen) atoms. The van der Waals surface area contributed by atoms with Crippen LogP contribution >= 0.6 is 0 Å². The Kier molecular flexibility index (Phi) is 8.41. The van der Waals surface area contributed by atoms with Crippen LogP contribution in [0.1, 0.15) is 0 Å². The molecule has 0 radical (unpaired) electrons. The predicted octanol–water partition coefficient (Wildman–Crippen LogP) is 0.192. The first-order valence-electron chi connectivity index (χ1n) is 8.37. The quantitative estimate of drug-likeness (QED) is 0.592. The molecular weight excluding hydrogens is 315 g/mol. The second-order valence-electron chi connectivity index (χ2n) is 5.90. The molecule has 1 aromatic rings. The molecule has 1 atom stereocenters. The molecule has 1 heterocycles. The van der Waals surface area contributed by atoms with Gasteiger partial charge in [0.25, 0.3) is 0 Å². The number of aliphatic hydroxyl groups excluding tert-OH is 2. The molecule has 1 saturated heterocycles. The zero-order chi connectivity index (χ0) is 17.2. The second kappa shape index (κ2) is 10.6. The molecule has 2 rings (SSSR count). The van der Waals surface area contributed by atoms with E-state index >= 15 is 0 Å². The van der Waals surface area contributed by atoms with Gasteiger partial charge in [0.2, 0.25) is 0 Å². The van der Waals surface area contributed by atoms with Gasteiger partial charge in [0.15, 0.2) is 0 Å². The first kappa shape index (κ1) is 19.1. The van der Waals surface area contributed by atoms with Crippen LogP contribution in [0.3, 0.4) is 0 Å². The molecule has 136 valence electrons. The molecule has 7 heteroatoms. The second-order valence-corrected chi connectivity index (χ2v) is 5.90. The van der Waals surface area contributed by atoms with Crippen LogP contribution in [-0.4, -0.2) is 91.8 Å². The van der Waals surface area contributed by atoms with Crippen molar-refractivity contribution in [2.45, 2.75) is 6.10 Å². The Morgan fingerprint density at radius 1 is 1.04 bits per heavy atom. The summed E-state index contributed by atoms with van der Waals surface area (Å²) < 4.78 is 23.6. The number of halogens is 1. The summed E-state index contributed by atoms with van der Waals surface area (Å²) in [4.78, 5) is 4.42. The number of nitrogens with zero attached hydrogens (tertiary/aromatic N) is 2. The maximum atomic E-state index is 12.7. The van der Waals surface area contributed by atoms with E-state index < -0.39 is 6.10 Å². The van der Waals surface area contributed by atoms with E-state index in [1.807, 2.05) is 0 Å². The Bertz CT molecular complexity index is 452. The minimum atomic E-state index is -0.528. The van der Waals surface area contributed by atoms with Gasteiger partial charge in [-0.25, -0.2) is 4.39 Å². The van der Waals surface area contributed by atoms with Crippen molar-refractivity contribution in [1.82, 2.24) is 9.80 Å². The van der Waals surface area contributed by atoms with Crippen molar-refractivity contribution in [3.63, 3.8) is 0 Å². The van der Waals surface area contributed by atoms with Crippen LogP contribution in [0, 0.1) is 5.82 Å². The summed E-state index contributed by atoms with van der Waals surface area (Å²) >= 11 is 0. The van der Waals surface area contributed by atoms with Gasteiger partial charge in [0.05, 0.1) is 25.9 Å². The van der Waals surface area contributed by atoms with E-state index in [4.69, 9.17) is 14.6 Å². The van der Waals surface area contributed by atoms with Crippen LogP contribution < -0.4 is 4.74 Å². The lowest BCUT2D eigenvalue weighted by molar-refractivity contribution is -0.000767. The van der Waals surface area contributed by atoms with Crippen molar-refractivity contribution in [1.29, 1.82) is 0 Å². The maximum absolute atomic E-state index is 12.7. The molecule has 0 amide bonds. The molecule has 1 aromatic carbocycles. The predicted molar refractivity (Wildman–Crippen MR) is 88.7 cm³/mol. The Balaban J connectivity index is 1.51. The lowest BCUT2D eigenvalue weighted by Gasteiger charge is -2.35. The summed E-state index contributed by atoms with van der Waals surface area (Å²) in [5, 5.41) is 18.9. The topological polar surface area (TPSA) is 65.4 Å². The van der Waals surface area contributed by atoms with Crippen LogP contribution in [0.4, 0.5) is 4.39 Å². The van der Waals surface area contributed by atoms with E-state index in [9.17, 15) is 9.50 Å². The number of rotatable bonds is 10. The molecule has 0 saturated carbocycles. The van der Waals surface area contributed by atoms with Gasteiger partial charge in [-0.1, -0.05) is 0 Å². The van der Waals surface area contributed by atoms with Crippen molar-refractivity contribution in [2.24, 2.45) is 0 Å². The van der Waals surface area contributed by atoms with Gasteiger partial charge in [-0.05, 0) is 24.3 Å². The highest BCUT2D eigenvalue weighted by Gasteiger charge is 2.18.